The number of H-pyrrole nitrogens is 1. The molecule has 7 nitrogen and oxygen atoms in total. The van der Waals surface area contributed by atoms with Crippen molar-refractivity contribution in [3.8, 4) is 0 Å². The second-order valence-corrected chi connectivity index (χ2v) is 6.34. The van der Waals surface area contributed by atoms with Crippen LogP contribution in [-0.4, -0.2) is 33.2 Å². The van der Waals surface area contributed by atoms with Gasteiger partial charge in [0.2, 0.25) is 5.13 Å². The van der Waals surface area contributed by atoms with Gasteiger partial charge in [0.25, 0.3) is 5.91 Å². The van der Waals surface area contributed by atoms with Crippen LogP contribution in [0.25, 0.3) is 0 Å². The Balaban J connectivity index is 2.25. The Morgan fingerprint density at radius 1 is 1.23 bits per heavy atom. The maximum atomic E-state index is 12.3. The summed E-state index contributed by atoms with van der Waals surface area (Å²) in [5.41, 5.74) is 1.87. The van der Waals surface area contributed by atoms with E-state index in [0.29, 0.717) is 27.6 Å². The number of ether oxygens (including phenoxy) is 1. The smallest absolute Gasteiger partial charge is 0.340 e. The van der Waals surface area contributed by atoms with Crippen molar-refractivity contribution in [3.63, 3.8) is 0 Å². The maximum Gasteiger partial charge on any atom is 0.340 e. The van der Waals surface area contributed by atoms with Gasteiger partial charge in [0.15, 0.2) is 0 Å². The summed E-state index contributed by atoms with van der Waals surface area (Å²) in [6, 6.07) is 0. The standard InChI is InChI=1S/C14H18N4O3S/c1-6(2)21-13(20)10-7(3)11(15-8(10)4)12(19)16-14-18-17-9(5)22-14/h6,15H,1-5H3,(H,16,18,19). The number of nitrogens with zero attached hydrogens (tertiary/aromatic N) is 2. The molecule has 0 bridgehead atoms. The van der Waals surface area contributed by atoms with Gasteiger partial charge in [-0.05, 0) is 40.2 Å². The van der Waals surface area contributed by atoms with Gasteiger partial charge in [-0.15, -0.1) is 10.2 Å². The van der Waals surface area contributed by atoms with E-state index in [-0.39, 0.29) is 12.0 Å². The number of rotatable bonds is 4. The molecule has 2 aromatic heterocycles. The number of esters is 1. The lowest BCUT2D eigenvalue weighted by Crippen LogP contribution is -2.15. The lowest BCUT2D eigenvalue weighted by atomic mass is 10.1. The quantitative estimate of drug-likeness (QED) is 0.843. The number of aryl methyl sites for hydroxylation is 2. The van der Waals surface area contributed by atoms with Crippen molar-refractivity contribution in [1.29, 1.82) is 0 Å². The molecular formula is C14H18N4O3S. The van der Waals surface area contributed by atoms with Gasteiger partial charge < -0.3 is 9.72 Å². The summed E-state index contributed by atoms with van der Waals surface area (Å²) < 4.78 is 5.20. The van der Waals surface area contributed by atoms with Gasteiger partial charge >= 0.3 is 5.97 Å². The fraction of sp³-hybridized carbons (Fsp3) is 0.429. The first kappa shape index (κ1) is 16.2. The van der Waals surface area contributed by atoms with Gasteiger partial charge in [0.05, 0.1) is 11.7 Å². The molecule has 0 aliphatic heterocycles. The van der Waals surface area contributed by atoms with Crippen LogP contribution >= 0.6 is 11.3 Å². The lowest BCUT2D eigenvalue weighted by Gasteiger charge is -2.08. The van der Waals surface area contributed by atoms with E-state index in [0.717, 1.165) is 5.01 Å². The van der Waals surface area contributed by atoms with Crippen molar-refractivity contribution in [1.82, 2.24) is 15.2 Å². The van der Waals surface area contributed by atoms with Crippen molar-refractivity contribution in [2.45, 2.75) is 40.7 Å². The average molecular weight is 322 g/mol. The molecule has 0 aliphatic carbocycles. The first-order valence-electron chi connectivity index (χ1n) is 6.81. The molecule has 0 aromatic carbocycles. The van der Waals surface area contributed by atoms with Crippen LogP contribution in [0.15, 0.2) is 0 Å². The van der Waals surface area contributed by atoms with Crippen molar-refractivity contribution < 1.29 is 14.3 Å². The highest BCUT2D eigenvalue weighted by Gasteiger charge is 2.24. The normalized spacial score (nSPS) is 10.8. The van der Waals surface area contributed by atoms with E-state index in [1.165, 1.54) is 11.3 Å². The molecular weight excluding hydrogens is 304 g/mol. The summed E-state index contributed by atoms with van der Waals surface area (Å²) in [6.45, 7) is 8.80. The fourth-order valence-corrected chi connectivity index (χ4v) is 2.65. The zero-order chi connectivity index (χ0) is 16.4. The Labute approximate surface area is 132 Å². The van der Waals surface area contributed by atoms with Crippen molar-refractivity contribution >= 4 is 28.3 Å². The number of aromatic nitrogens is 3. The SMILES string of the molecule is Cc1nnc(NC(=O)c2[nH]c(C)c(C(=O)OC(C)C)c2C)s1. The molecule has 22 heavy (non-hydrogen) atoms. The number of anilines is 1. The van der Waals surface area contributed by atoms with E-state index < -0.39 is 5.97 Å². The number of hydrogen-bond acceptors (Lipinski definition) is 6. The minimum atomic E-state index is -0.438. The summed E-state index contributed by atoms with van der Waals surface area (Å²) in [7, 11) is 0. The van der Waals surface area contributed by atoms with Gasteiger partial charge in [-0.1, -0.05) is 11.3 Å². The van der Waals surface area contributed by atoms with Crippen LogP contribution in [0.2, 0.25) is 0 Å². The van der Waals surface area contributed by atoms with Gasteiger partial charge in [-0.2, -0.15) is 0 Å². The third-order valence-corrected chi connectivity index (χ3v) is 3.71. The summed E-state index contributed by atoms with van der Waals surface area (Å²) in [5, 5.41) is 11.5. The second-order valence-electron chi connectivity index (χ2n) is 5.16. The maximum absolute atomic E-state index is 12.3. The predicted molar refractivity (Wildman–Crippen MR) is 83.4 cm³/mol. The molecule has 2 rings (SSSR count). The van der Waals surface area contributed by atoms with E-state index in [1.807, 2.05) is 0 Å². The number of carbonyl (C=O) groups excluding carboxylic acids is 2. The van der Waals surface area contributed by atoms with Gasteiger partial charge in [-0.3, -0.25) is 10.1 Å². The molecule has 0 aliphatic rings. The number of carbonyl (C=O) groups is 2. The van der Waals surface area contributed by atoms with Gasteiger partial charge in [0, 0.05) is 5.69 Å². The zero-order valence-corrected chi connectivity index (χ0v) is 13.9. The molecule has 1 amide bonds. The highest BCUT2D eigenvalue weighted by Crippen LogP contribution is 2.21. The summed E-state index contributed by atoms with van der Waals surface area (Å²) in [5.74, 6) is -0.799. The molecule has 0 spiro atoms. The number of hydrogen-bond donors (Lipinski definition) is 2. The number of nitrogens with one attached hydrogen (secondary N) is 2. The molecule has 0 fully saturated rings. The fourth-order valence-electron chi connectivity index (χ4n) is 2.06. The van der Waals surface area contributed by atoms with Crippen molar-refractivity contribution in [2.24, 2.45) is 0 Å². The van der Waals surface area contributed by atoms with Crippen LogP contribution in [0, 0.1) is 20.8 Å². The molecule has 0 saturated heterocycles. The molecule has 0 saturated carbocycles. The topological polar surface area (TPSA) is 97.0 Å². The average Bonchev–Trinajstić information content (AvgIpc) is 2.92. The molecule has 2 aromatic rings. The molecule has 0 radical (unpaired) electrons. The first-order valence-corrected chi connectivity index (χ1v) is 7.62. The summed E-state index contributed by atoms with van der Waals surface area (Å²) in [6.07, 6.45) is -0.220. The largest absolute Gasteiger partial charge is 0.459 e. The number of amides is 1. The number of aromatic amines is 1. The summed E-state index contributed by atoms with van der Waals surface area (Å²) >= 11 is 1.28. The lowest BCUT2D eigenvalue weighted by molar-refractivity contribution is 0.0376. The molecule has 0 atom stereocenters. The first-order chi connectivity index (χ1) is 10.3. The minimum Gasteiger partial charge on any atom is -0.459 e. The van der Waals surface area contributed by atoms with Crippen LogP contribution in [0.4, 0.5) is 5.13 Å². The molecule has 0 unspecified atom stereocenters. The van der Waals surface area contributed by atoms with E-state index in [2.05, 4.69) is 20.5 Å². The highest BCUT2D eigenvalue weighted by molar-refractivity contribution is 7.15. The molecule has 2 heterocycles. The van der Waals surface area contributed by atoms with E-state index >= 15 is 0 Å². The minimum absolute atomic E-state index is 0.220. The highest BCUT2D eigenvalue weighted by atomic mass is 32.1. The van der Waals surface area contributed by atoms with Crippen LogP contribution in [0.1, 0.15) is 51.0 Å². The van der Waals surface area contributed by atoms with E-state index in [1.54, 1.807) is 34.6 Å². The second kappa shape index (κ2) is 6.27. The predicted octanol–water partition coefficient (Wildman–Crippen LogP) is 2.61. The Bertz CT molecular complexity index is 718. The van der Waals surface area contributed by atoms with Crippen LogP contribution in [-0.2, 0) is 4.74 Å². The van der Waals surface area contributed by atoms with Crippen LogP contribution in [0.5, 0.6) is 0 Å². The third kappa shape index (κ3) is 3.33. The molecule has 8 heteroatoms. The van der Waals surface area contributed by atoms with Crippen LogP contribution in [0.3, 0.4) is 0 Å². The van der Waals surface area contributed by atoms with Crippen molar-refractivity contribution in [3.05, 3.63) is 27.5 Å². The molecule has 2 N–H and O–H groups in total. The Kier molecular flexibility index (Phi) is 4.60. The Morgan fingerprint density at radius 2 is 1.91 bits per heavy atom. The Morgan fingerprint density at radius 3 is 2.45 bits per heavy atom. The van der Waals surface area contributed by atoms with Gasteiger partial charge in [0.1, 0.15) is 10.7 Å². The van der Waals surface area contributed by atoms with Crippen LogP contribution < -0.4 is 5.32 Å². The van der Waals surface area contributed by atoms with Crippen molar-refractivity contribution in [2.75, 3.05) is 5.32 Å². The monoisotopic (exact) mass is 322 g/mol. The van der Waals surface area contributed by atoms with E-state index in [9.17, 15) is 9.59 Å². The van der Waals surface area contributed by atoms with Gasteiger partial charge in [-0.25, -0.2) is 4.79 Å². The zero-order valence-electron chi connectivity index (χ0n) is 13.1. The third-order valence-electron chi connectivity index (χ3n) is 2.96. The van der Waals surface area contributed by atoms with E-state index in [4.69, 9.17) is 4.74 Å². The molecule has 118 valence electrons. The Hall–Kier alpha value is -2.22. The summed E-state index contributed by atoms with van der Waals surface area (Å²) in [4.78, 5) is 27.3.